The summed E-state index contributed by atoms with van der Waals surface area (Å²) >= 11 is 0. The number of anilines is 1. The molecule has 1 aliphatic carbocycles. The van der Waals surface area contributed by atoms with Crippen LogP contribution in [0.2, 0.25) is 0 Å². The second-order valence-corrected chi connectivity index (χ2v) is 6.07. The lowest BCUT2D eigenvalue weighted by atomic mass is 9.87. The number of aliphatic hydroxyl groups is 1. The molecule has 0 bridgehead atoms. The molecule has 1 heterocycles. The first-order chi connectivity index (χ1) is 9.72. The van der Waals surface area contributed by atoms with Gasteiger partial charge in [0.25, 0.3) is 0 Å². The molecule has 0 aliphatic heterocycles. The Bertz CT molecular complexity index is 603. The maximum absolute atomic E-state index is 9.68. The minimum atomic E-state index is 0.0553. The summed E-state index contributed by atoms with van der Waals surface area (Å²) in [5.41, 5.74) is 2.24. The summed E-state index contributed by atoms with van der Waals surface area (Å²) in [4.78, 5) is 4.71. The zero-order chi connectivity index (χ0) is 14.0. The van der Waals surface area contributed by atoms with E-state index < -0.39 is 0 Å². The standard InChI is InChI=1S/C17H22N2O/c1-13-10-14-6-2-3-7-15(14)19-16(13)18-11-17(12-20)8-4-5-9-17/h2-3,6-7,10,20H,4-5,8-9,11-12H2,1H3,(H,18,19). The average Bonchev–Trinajstić information content (AvgIpc) is 2.94. The Hall–Kier alpha value is -1.61. The maximum Gasteiger partial charge on any atom is 0.129 e. The Labute approximate surface area is 120 Å². The number of hydrogen-bond donors (Lipinski definition) is 2. The van der Waals surface area contributed by atoms with Crippen LogP contribution in [-0.2, 0) is 0 Å². The number of nitrogens with zero attached hydrogens (tertiary/aromatic N) is 1. The van der Waals surface area contributed by atoms with Crippen LogP contribution in [-0.4, -0.2) is 23.2 Å². The summed E-state index contributed by atoms with van der Waals surface area (Å²) in [5, 5.41) is 14.3. The Morgan fingerprint density at radius 3 is 2.75 bits per heavy atom. The number of nitrogens with one attached hydrogen (secondary N) is 1. The Morgan fingerprint density at radius 1 is 1.25 bits per heavy atom. The van der Waals surface area contributed by atoms with Crippen molar-refractivity contribution in [3.63, 3.8) is 0 Å². The van der Waals surface area contributed by atoms with E-state index >= 15 is 0 Å². The third kappa shape index (κ3) is 2.50. The number of aliphatic hydroxyl groups excluding tert-OH is 1. The van der Waals surface area contributed by atoms with E-state index in [2.05, 4.69) is 24.4 Å². The lowest BCUT2D eigenvalue weighted by Crippen LogP contribution is -2.31. The molecule has 0 unspecified atom stereocenters. The zero-order valence-electron chi connectivity index (χ0n) is 12.0. The van der Waals surface area contributed by atoms with Crippen molar-refractivity contribution in [3.8, 4) is 0 Å². The van der Waals surface area contributed by atoms with Crippen molar-refractivity contribution in [2.75, 3.05) is 18.5 Å². The van der Waals surface area contributed by atoms with E-state index in [0.717, 1.165) is 36.3 Å². The lowest BCUT2D eigenvalue weighted by Gasteiger charge is -2.27. The molecule has 1 fully saturated rings. The van der Waals surface area contributed by atoms with Gasteiger partial charge in [-0.15, -0.1) is 0 Å². The van der Waals surface area contributed by atoms with Gasteiger partial charge in [-0.1, -0.05) is 31.0 Å². The molecule has 20 heavy (non-hydrogen) atoms. The number of aromatic nitrogens is 1. The number of para-hydroxylation sites is 1. The second kappa shape index (κ2) is 5.41. The highest BCUT2D eigenvalue weighted by atomic mass is 16.3. The van der Waals surface area contributed by atoms with E-state index in [1.807, 2.05) is 18.2 Å². The molecule has 1 saturated carbocycles. The van der Waals surface area contributed by atoms with E-state index in [-0.39, 0.29) is 12.0 Å². The molecular formula is C17H22N2O. The monoisotopic (exact) mass is 270 g/mol. The molecule has 0 radical (unpaired) electrons. The molecule has 2 aromatic rings. The van der Waals surface area contributed by atoms with Crippen molar-refractivity contribution in [2.45, 2.75) is 32.6 Å². The number of pyridine rings is 1. The topological polar surface area (TPSA) is 45.2 Å². The van der Waals surface area contributed by atoms with Crippen LogP contribution in [0.25, 0.3) is 10.9 Å². The van der Waals surface area contributed by atoms with Crippen molar-refractivity contribution in [2.24, 2.45) is 5.41 Å². The highest BCUT2D eigenvalue weighted by molar-refractivity contribution is 5.81. The fourth-order valence-corrected chi connectivity index (χ4v) is 3.19. The summed E-state index contributed by atoms with van der Waals surface area (Å²) in [6.07, 6.45) is 4.69. The third-order valence-electron chi connectivity index (χ3n) is 4.54. The van der Waals surface area contributed by atoms with Gasteiger partial charge in [-0.25, -0.2) is 4.98 Å². The zero-order valence-corrected chi connectivity index (χ0v) is 12.0. The lowest BCUT2D eigenvalue weighted by molar-refractivity contribution is 0.142. The average molecular weight is 270 g/mol. The minimum Gasteiger partial charge on any atom is -0.396 e. The molecule has 0 spiro atoms. The first-order valence-corrected chi connectivity index (χ1v) is 7.44. The van der Waals surface area contributed by atoms with Gasteiger partial charge in [-0.05, 0) is 37.5 Å². The highest BCUT2D eigenvalue weighted by Crippen LogP contribution is 2.37. The van der Waals surface area contributed by atoms with Crippen LogP contribution in [0.4, 0.5) is 5.82 Å². The summed E-state index contributed by atoms with van der Waals surface area (Å²) in [5.74, 6) is 0.948. The Kier molecular flexibility index (Phi) is 3.62. The highest BCUT2D eigenvalue weighted by Gasteiger charge is 2.33. The summed E-state index contributed by atoms with van der Waals surface area (Å²) < 4.78 is 0. The van der Waals surface area contributed by atoms with Gasteiger partial charge >= 0.3 is 0 Å². The molecule has 1 aliphatic rings. The van der Waals surface area contributed by atoms with Crippen LogP contribution in [0.5, 0.6) is 0 Å². The Morgan fingerprint density at radius 2 is 2.00 bits per heavy atom. The predicted octanol–water partition coefficient (Wildman–Crippen LogP) is 3.51. The van der Waals surface area contributed by atoms with E-state index in [9.17, 15) is 5.11 Å². The molecule has 2 N–H and O–H groups in total. The summed E-state index contributed by atoms with van der Waals surface area (Å²) in [6, 6.07) is 10.4. The van der Waals surface area contributed by atoms with E-state index in [1.165, 1.54) is 18.2 Å². The molecule has 3 rings (SSSR count). The van der Waals surface area contributed by atoms with Crippen molar-refractivity contribution >= 4 is 16.7 Å². The maximum atomic E-state index is 9.68. The fraction of sp³-hybridized carbons (Fsp3) is 0.471. The van der Waals surface area contributed by atoms with Gasteiger partial charge in [0.15, 0.2) is 0 Å². The molecular weight excluding hydrogens is 248 g/mol. The van der Waals surface area contributed by atoms with Gasteiger partial charge in [0.1, 0.15) is 5.82 Å². The molecule has 0 atom stereocenters. The van der Waals surface area contributed by atoms with E-state index in [1.54, 1.807) is 0 Å². The van der Waals surface area contributed by atoms with Crippen molar-refractivity contribution in [1.82, 2.24) is 4.98 Å². The van der Waals surface area contributed by atoms with E-state index in [0.29, 0.717) is 0 Å². The summed E-state index contributed by atoms with van der Waals surface area (Å²) in [6.45, 7) is 3.17. The normalized spacial score (nSPS) is 17.5. The number of benzene rings is 1. The first kappa shape index (κ1) is 13.4. The van der Waals surface area contributed by atoms with Crippen molar-refractivity contribution in [1.29, 1.82) is 0 Å². The number of aryl methyl sites for hydroxylation is 1. The number of hydrogen-bond acceptors (Lipinski definition) is 3. The summed E-state index contributed by atoms with van der Waals surface area (Å²) in [7, 11) is 0. The van der Waals surface area contributed by atoms with Gasteiger partial charge < -0.3 is 10.4 Å². The van der Waals surface area contributed by atoms with Crippen molar-refractivity contribution < 1.29 is 5.11 Å². The van der Waals surface area contributed by atoms with Crippen LogP contribution in [0, 0.1) is 12.3 Å². The van der Waals surface area contributed by atoms with Crippen LogP contribution < -0.4 is 5.32 Å². The smallest absolute Gasteiger partial charge is 0.129 e. The van der Waals surface area contributed by atoms with Gasteiger partial charge in [0, 0.05) is 17.3 Å². The van der Waals surface area contributed by atoms with Crippen LogP contribution in [0.1, 0.15) is 31.2 Å². The van der Waals surface area contributed by atoms with Crippen molar-refractivity contribution in [3.05, 3.63) is 35.9 Å². The molecule has 106 valence electrons. The largest absolute Gasteiger partial charge is 0.396 e. The predicted molar refractivity (Wildman–Crippen MR) is 83.0 cm³/mol. The third-order valence-corrected chi connectivity index (χ3v) is 4.54. The van der Waals surface area contributed by atoms with Crippen LogP contribution in [0.3, 0.4) is 0 Å². The molecule has 0 saturated heterocycles. The molecule has 3 nitrogen and oxygen atoms in total. The molecule has 1 aromatic heterocycles. The van der Waals surface area contributed by atoms with Gasteiger partial charge in [-0.2, -0.15) is 0 Å². The molecule has 1 aromatic carbocycles. The van der Waals surface area contributed by atoms with Crippen LogP contribution in [0.15, 0.2) is 30.3 Å². The minimum absolute atomic E-state index is 0.0553. The van der Waals surface area contributed by atoms with Gasteiger partial charge in [0.05, 0.1) is 12.1 Å². The van der Waals surface area contributed by atoms with Gasteiger partial charge in [0.2, 0.25) is 0 Å². The quantitative estimate of drug-likeness (QED) is 0.893. The molecule has 0 amide bonds. The van der Waals surface area contributed by atoms with Gasteiger partial charge in [-0.3, -0.25) is 0 Å². The fourth-order valence-electron chi connectivity index (χ4n) is 3.19. The molecule has 3 heteroatoms. The van der Waals surface area contributed by atoms with E-state index in [4.69, 9.17) is 4.98 Å². The number of fused-ring (bicyclic) bond motifs is 1. The SMILES string of the molecule is Cc1cc2ccccc2nc1NCC1(CO)CCCC1. The Balaban J connectivity index is 1.81. The second-order valence-electron chi connectivity index (χ2n) is 6.07. The first-order valence-electron chi connectivity index (χ1n) is 7.44. The number of rotatable bonds is 4. The van der Waals surface area contributed by atoms with Crippen LogP contribution >= 0.6 is 0 Å².